The maximum atomic E-state index is 11.0. The van der Waals surface area contributed by atoms with E-state index in [2.05, 4.69) is 9.88 Å². The second-order valence-corrected chi connectivity index (χ2v) is 5.18. The van der Waals surface area contributed by atoms with E-state index in [1.807, 2.05) is 0 Å². The average Bonchev–Trinajstić information content (AvgIpc) is 2.39. The largest absolute Gasteiger partial charge is 0.476 e. The van der Waals surface area contributed by atoms with Gasteiger partial charge in [-0.1, -0.05) is 11.6 Å². The zero-order valence-electron chi connectivity index (χ0n) is 10.5. The lowest BCUT2D eigenvalue weighted by atomic mass is 9.95. The molecule has 19 heavy (non-hydrogen) atoms. The minimum atomic E-state index is -1.12. The topological polar surface area (TPSA) is 73.7 Å². The number of hydrogen-bond donors (Lipinski definition) is 2. The predicted molar refractivity (Wildman–Crippen MR) is 72.8 cm³/mol. The van der Waals surface area contributed by atoms with Crippen molar-refractivity contribution in [3.63, 3.8) is 0 Å². The third-order valence-electron chi connectivity index (χ3n) is 3.41. The van der Waals surface area contributed by atoms with Crippen LogP contribution in [0.15, 0.2) is 12.1 Å². The van der Waals surface area contributed by atoms with Gasteiger partial charge in [0.2, 0.25) is 0 Å². The standard InChI is InChI=1S/C13H17ClN2O3/c14-10-3-4-11(15-12(10)13(18)19)16-6-1-2-9(8-16)5-7-17/h3-4,9,17H,1-2,5-8H2,(H,18,19). The number of anilines is 1. The van der Waals surface area contributed by atoms with Gasteiger partial charge in [-0.15, -0.1) is 0 Å². The Hall–Kier alpha value is -1.33. The van der Waals surface area contributed by atoms with Crippen LogP contribution in [0.25, 0.3) is 0 Å². The molecule has 0 amide bonds. The Bertz CT molecular complexity index is 465. The van der Waals surface area contributed by atoms with Crippen molar-refractivity contribution < 1.29 is 15.0 Å². The molecule has 104 valence electrons. The molecular formula is C13H17ClN2O3. The van der Waals surface area contributed by atoms with E-state index >= 15 is 0 Å². The molecule has 1 aliphatic heterocycles. The van der Waals surface area contributed by atoms with E-state index in [9.17, 15) is 4.79 Å². The SMILES string of the molecule is O=C(O)c1nc(N2CCCC(CCO)C2)ccc1Cl. The Morgan fingerprint density at radius 1 is 1.53 bits per heavy atom. The molecule has 6 heteroatoms. The molecule has 1 aromatic heterocycles. The van der Waals surface area contributed by atoms with Crippen molar-refractivity contribution in [2.45, 2.75) is 19.3 Å². The highest BCUT2D eigenvalue weighted by Crippen LogP contribution is 2.25. The molecule has 0 saturated carbocycles. The van der Waals surface area contributed by atoms with Crippen LogP contribution in [0.3, 0.4) is 0 Å². The molecule has 2 N–H and O–H groups in total. The van der Waals surface area contributed by atoms with Gasteiger partial charge in [0.05, 0.1) is 5.02 Å². The second kappa shape index (κ2) is 6.21. The fourth-order valence-corrected chi connectivity index (χ4v) is 2.64. The van der Waals surface area contributed by atoms with Crippen LogP contribution in [0.1, 0.15) is 29.8 Å². The molecule has 0 bridgehead atoms. The van der Waals surface area contributed by atoms with E-state index in [0.717, 1.165) is 32.4 Å². The molecule has 0 aromatic carbocycles. The molecule has 1 unspecified atom stereocenters. The average molecular weight is 285 g/mol. The first kappa shape index (κ1) is 14.1. The number of hydrogen-bond acceptors (Lipinski definition) is 4. The molecule has 0 spiro atoms. The highest BCUT2D eigenvalue weighted by Gasteiger charge is 2.22. The lowest BCUT2D eigenvalue weighted by Crippen LogP contribution is -2.36. The Morgan fingerprint density at radius 2 is 2.32 bits per heavy atom. The fourth-order valence-electron chi connectivity index (χ4n) is 2.45. The highest BCUT2D eigenvalue weighted by molar-refractivity contribution is 6.33. The van der Waals surface area contributed by atoms with Crippen molar-refractivity contribution in [1.82, 2.24) is 4.98 Å². The first-order valence-electron chi connectivity index (χ1n) is 6.37. The Morgan fingerprint density at radius 3 is 3.00 bits per heavy atom. The molecule has 1 aliphatic rings. The monoisotopic (exact) mass is 284 g/mol. The number of nitrogens with zero attached hydrogens (tertiary/aromatic N) is 2. The van der Waals surface area contributed by atoms with Crippen LogP contribution in [0, 0.1) is 5.92 Å². The van der Waals surface area contributed by atoms with Crippen molar-refractivity contribution in [2.24, 2.45) is 5.92 Å². The molecule has 1 saturated heterocycles. The van der Waals surface area contributed by atoms with Crippen LogP contribution in [-0.4, -0.2) is 40.9 Å². The van der Waals surface area contributed by atoms with Gasteiger partial charge in [0.1, 0.15) is 5.82 Å². The van der Waals surface area contributed by atoms with Gasteiger partial charge < -0.3 is 15.1 Å². The van der Waals surface area contributed by atoms with Crippen LogP contribution in [0.4, 0.5) is 5.82 Å². The first-order valence-corrected chi connectivity index (χ1v) is 6.75. The van der Waals surface area contributed by atoms with Gasteiger partial charge in [-0.3, -0.25) is 0 Å². The summed E-state index contributed by atoms with van der Waals surface area (Å²) in [5, 5.41) is 18.2. The smallest absolute Gasteiger partial charge is 0.356 e. The van der Waals surface area contributed by atoms with Crippen molar-refractivity contribution in [3.05, 3.63) is 22.8 Å². The number of carboxylic acids is 1. The van der Waals surface area contributed by atoms with Crippen LogP contribution in [-0.2, 0) is 0 Å². The predicted octanol–water partition coefficient (Wildman–Crippen LogP) is 2.03. The molecule has 1 aromatic rings. The van der Waals surface area contributed by atoms with E-state index in [4.69, 9.17) is 21.8 Å². The summed E-state index contributed by atoms with van der Waals surface area (Å²) in [7, 11) is 0. The van der Waals surface area contributed by atoms with Crippen molar-refractivity contribution in [1.29, 1.82) is 0 Å². The van der Waals surface area contributed by atoms with Gasteiger partial charge in [-0.05, 0) is 37.3 Å². The van der Waals surface area contributed by atoms with Gasteiger partial charge in [-0.25, -0.2) is 9.78 Å². The number of aliphatic hydroxyl groups excluding tert-OH is 1. The van der Waals surface area contributed by atoms with Crippen LogP contribution < -0.4 is 4.90 Å². The van der Waals surface area contributed by atoms with E-state index in [1.165, 1.54) is 0 Å². The van der Waals surface area contributed by atoms with Crippen LogP contribution in [0.5, 0.6) is 0 Å². The maximum Gasteiger partial charge on any atom is 0.356 e. The second-order valence-electron chi connectivity index (χ2n) is 4.77. The van der Waals surface area contributed by atoms with Crippen molar-refractivity contribution in [2.75, 3.05) is 24.6 Å². The molecule has 2 heterocycles. The molecule has 1 fully saturated rings. The number of pyridine rings is 1. The number of piperidine rings is 1. The van der Waals surface area contributed by atoms with Gasteiger partial charge in [0, 0.05) is 19.7 Å². The quantitative estimate of drug-likeness (QED) is 0.885. The van der Waals surface area contributed by atoms with E-state index in [0.29, 0.717) is 11.7 Å². The summed E-state index contributed by atoms with van der Waals surface area (Å²) in [5.41, 5.74) is -0.108. The lowest BCUT2D eigenvalue weighted by Gasteiger charge is -2.33. The van der Waals surface area contributed by atoms with Crippen LogP contribution >= 0.6 is 11.6 Å². The summed E-state index contributed by atoms with van der Waals surface area (Å²) in [4.78, 5) is 17.2. The number of halogens is 1. The Balaban J connectivity index is 2.17. The number of aromatic nitrogens is 1. The Kier molecular flexibility index (Phi) is 4.61. The number of rotatable bonds is 4. The summed E-state index contributed by atoms with van der Waals surface area (Å²) in [6, 6.07) is 3.32. The zero-order chi connectivity index (χ0) is 13.8. The normalized spacial score (nSPS) is 19.5. The summed E-state index contributed by atoms with van der Waals surface area (Å²) in [6.07, 6.45) is 2.89. The Labute approximate surface area is 116 Å². The van der Waals surface area contributed by atoms with Gasteiger partial charge in [-0.2, -0.15) is 0 Å². The number of carboxylic acid groups (broad SMARTS) is 1. The van der Waals surface area contributed by atoms with E-state index in [-0.39, 0.29) is 17.3 Å². The molecule has 2 rings (SSSR count). The third kappa shape index (κ3) is 3.36. The van der Waals surface area contributed by atoms with Crippen molar-refractivity contribution in [3.8, 4) is 0 Å². The van der Waals surface area contributed by atoms with Gasteiger partial charge in [0.25, 0.3) is 0 Å². The number of carbonyl (C=O) groups is 1. The van der Waals surface area contributed by atoms with E-state index in [1.54, 1.807) is 12.1 Å². The number of aliphatic hydroxyl groups is 1. The molecule has 5 nitrogen and oxygen atoms in total. The summed E-state index contributed by atoms with van der Waals surface area (Å²) in [6.45, 7) is 1.84. The molecule has 0 aliphatic carbocycles. The highest BCUT2D eigenvalue weighted by atomic mass is 35.5. The summed E-state index contributed by atoms with van der Waals surface area (Å²) >= 11 is 5.81. The summed E-state index contributed by atoms with van der Waals surface area (Å²) in [5.74, 6) is -0.0373. The van der Waals surface area contributed by atoms with Crippen LogP contribution in [0.2, 0.25) is 5.02 Å². The molecular weight excluding hydrogens is 268 g/mol. The summed E-state index contributed by atoms with van der Waals surface area (Å²) < 4.78 is 0. The lowest BCUT2D eigenvalue weighted by molar-refractivity contribution is 0.0691. The molecule has 1 atom stereocenters. The third-order valence-corrected chi connectivity index (χ3v) is 3.72. The maximum absolute atomic E-state index is 11.0. The van der Waals surface area contributed by atoms with Gasteiger partial charge in [0.15, 0.2) is 5.69 Å². The van der Waals surface area contributed by atoms with E-state index < -0.39 is 5.97 Å². The minimum Gasteiger partial charge on any atom is -0.476 e. The van der Waals surface area contributed by atoms with Crippen molar-refractivity contribution >= 4 is 23.4 Å². The van der Waals surface area contributed by atoms with Gasteiger partial charge >= 0.3 is 5.97 Å². The fraction of sp³-hybridized carbons (Fsp3) is 0.538. The first-order chi connectivity index (χ1) is 9.11. The minimum absolute atomic E-state index is 0.108. The zero-order valence-corrected chi connectivity index (χ0v) is 11.3. The molecule has 0 radical (unpaired) electrons. The number of aromatic carboxylic acids is 1.